The van der Waals surface area contributed by atoms with E-state index in [1.54, 1.807) is 0 Å². The number of rotatable bonds is 4. The molecule has 1 aromatic carbocycles. The summed E-state index contributed by atoms with van der Waals surface area (Å²) < 4.78 is 26.2. The Labute approximate surface area is 129 Å². The first-order valence-electron chi connectivity index (χ1n) is 6.70. The highest BCUT2D eigenvalue weighted by Crippen LogP contribution is 2.28. The first kappa shape index (κ1) is 16.2. The third kappa shape index (κ3) is 3.38. The standard InChI is InChI=1S/C14H17ClN2O3S/c1-17(9-11-3-2-4-14(11)18)21(19,20)12-6-5-10(8-16)13(15)7-12/h5-7,11,14,18H,2-4,9H2,1H3. The molecule has 0 amide bonds. The van der Waals surface area contributed by atoms with Crippen LogP contribution < -0.4 is 0 Å². The molecule has 7 heteroatoms. The van der Waals surface area contributed by atoms with E-state index in [0.29, 0.717) is 0 Å². The first-order chi connectivity index (χ1) is 9.86. The van der Waals surface area contributed by atoms with E-state index in [1.165, 1.54) is 29.6 Å². The predicted octanol–water partition coefficient (Wildman–Crippen LogP) is 1.99. The van der Waals surface area contributed by atoms with Crippen molar-refractivity contribution in [1.29, 1.82) is 5.26 Å². The van der Waals surface area contributed by atoms with Crippen molar-refractivity contribution in [3.63, 3.8) is 0 Å². The van der Waals surface area contributed by atoms with Crippen LogP contribution in [0, 0.1) is 17.2 Å². The van der Waals surface area contributed by atoms with E-state index in [0.717, 1.165) is 19.3 Å². The van der Waals surface area contributed by atoms with Crippen LogP contribution in [-0.2, 0) is 10.0 Å². The van der Waals surface area contributed by atoms with Crippen molar-refractivity contribution in [3.8, 4) is 6.07 Å². The molecular formula is C14H17ClN2O3S. The highest BCUT2D eigenvalue weighted by atomic mass is 35.5. The van der Waals surface area contributed by atoms with Gasteiger partial charge in [0.25, 0.3) is 0 Å². The molecule has 1 aromatic rings. The van der Waals surface area contributed by atoms with Crippen LogP contribution in [0.25, 0.3) is 0 Å². The maximum absolute atomic E-state index is 12.5. The maximum Gasteiger partial charge on any atom is 0.242 e. The summed E-state index contributed by atoms with van der Waals surface area (Å²) in [7, 11) is -2.18. The van der Waals surface area contributed by atoms with Gasteiger partial charge in [0.2, 0.25) is 10.0 Å². The van der Waals surface area contributed by atoms with Gasteiger partial charge < -0.3 is 5.11 Å². The topological polar surface area (TPSA) is 81.4 Å². The molecule has 0 bridgehead atoms. The number of hydrogen-bond acceptors (Lipinski definition) is 4. The summed E-state index contributed by atoms with van der Waals surface area (Å²) in [6, 6.07) is 5.96. The van der Waals surface area contributed by atoms with Gasteiger partial charge in [-0.1, -0.05) is 18.0 Å². The quantitative estimate of drug-likeness (QED) is 0.916. The Hall–Kier alpha value is -1.13. The van der Waals surface area contributed by atoms with Crippen molar-refractivity contribution in [2.24, 2.45) is 5.92 Å². The second-order valence-corrected chi connectivity index (χ2v) is 7.75. The van der Waals surface area contributed by atoms with Crippen molar-refractivity contribution in [3.05, 3.63) is 28.8 Å². The number of nitriles is 1. The number of hydrogen-bond donors (Lipinski definition) is 1. The van der Waals surface area contributed by atoms with Crippen LogP contribution in [0.1, 0.15) is 24.8 Å². The largest absolute Gasteiger partial charge is 0.393 e. The molecule has 0 radical (unpaired) electrons. The molecule has 1 fully saturated rings. The maximum atomic E-state index is 12.5. The van der Waals surface area contributed by atoms with Crippen LogP contribution in [0.4, 0.5) is 0 Å². The van der Waals surface area contributed by atoms with Crippen molar-refractivity contribution in [1.82, 2.24) is 4.31 Å². The molecule has 1 N–H and O–H groups in total. The second-order valence-electron chi connectivity index (χ2n) is 5.30. The highest BCUT2D eigenvalue weighted by Gasteiger charge is 2.30. The van der Waals surface area contributed by atoms with Crippen molar-refractivity contribution in [2.75, 3.05) is 13.6 Å². The van der Waals surface area contributed by atoms with Gasteiger partial charge in [-0.15, -0.1) is 0 Å². The van der Waals surface area contributed by atoms with E-state index in [9.17, 15) is 13.5 Å². The van der Waals surface area contributed by atoms with E-state index in [2.05, 4.69) is 0 Å². The zero-order valence-electron chi connectivity index (χ0n) is 11.7. The molecule has 2 unspecified atom stereocenters. The molecule has 1 saturated carbocycles. The van der Waals surface area contributed by atoms with Crippen molar-refractivity contribution < 1.29 is 13.5 Å². The molecule has 0 aromatic heterocycles. The third-order valence-electron chi connectivity index (χ3n) is 3.88. The normalized spacial score (nSPS) is 22.4. The van der Waals surface area contributed by atoms with Gasteiger partial charge in [0.05, 0.1) is 21.6 Å². The Morgan fingerprint density at radius 3 is 2.71 bits per heavy atom. The Morgan fingerprint density at radius 1 is 1.48 bits per heavy atom. The number of aliphatic hydroxyl groups excluding tert-OH is 1. The molecule has 2 rings (SSSR count). The smallest absolute Gasteiger partial charge is 0.242 e. The lowest BCUT2D eigenvalue weighted by Gasteiger charge is -2.23. The Balaban J connectivity index is 2.21. The SMILES string of the molecule is CN(CC1CCCC1O)S(=O)(=O)c1ccc(C#N)c(Cl)c1. The van der Waals surface area contributed by atoms with Crippen LogP contribution >= 0.6 is 11.6 Å². The predicted molar refractivity (Wildman–Crippen MR) is 79.3 cm³/mol. The van der Waals surface area contributed by atoms with Gasteiger partial charge in [0.15, 0.2) is 0 Å². The van der Waals surface area contributed by atoms with Gasteiger partial charge in [-0.05, 0) is 37.0 Å². The van der Waals surface area contributed by atoms with Gasteiger partial charge in [0, 0.05) is 13.6 Å². The summed E-state index contributed by atoms with van der Waals surface area (Å²) in [5.41, 5.74) is 0.240. The van der Waals surface area contributed by atoms with Crippen molar-refractivity contribution in [2.45, 2.75) is 30.3 Å². The summed E-state index contributed by atoms with van der Waals surface area (Å²) in [6.07, 6.45) is 2.03. The lowest BCUT2D eigenvalue weighted by Crippen LogP contribution is -2.34. The lowest BCUT2D eigenvalue weighted by atomic mass is 10.1. The highest BCUT2D eigenvalue weighted by molar-refractivity contribution is 7.89. The van der Waals surface area contributed by atoms with Crippen LogP contribution in [-0.4, -0.2) is 37.5 Å². The van der Waals surface area contributed by atoms with E-state index in [1.807, 2.05) is 6.07 Å². The van der Waals surface area contributed by atoms with Crippen LogP contribution in [0.2, 0.25) is 5.02 Å². The number of nitrogens with zero attached hydrogens (tertiary/aromatic N) is 2. The van der Waals surface area contributed by atoms with Crippen LogP contribution in [0.15, 0.2) is 23.1 Å². The number of aliphatic hydroxyl groups is 1. The Morgan fingerprint density at radius 2 is 2.19 bits per heavy atom. The van der Waals surface area contributed by atoms with Crippen LogP contribution in [0.3, 0.4) is 0 Å². The average Bonchev–Trinajstić information content (AvgIpc) is 2.84. The summed E-state index contributed by atoms with van der Waals surface area (Å²) in [5, 5.41) is 18.7. The van der Waals surface area contributed by atoms with Gasteiger partial charge in [-0.2, -0.15) is 5.26 Å². The Kier molecular flexibility index (Phi) is 4.89. The minimum absolute atomic E-state index is 0.0290. The fraction of sp³-hybridized carbons (Fsp3) is 0.500. The third-order valence-corrected chi connectivity index (χ3v) is 6.01. The molecule has 1 aliphatic carbocycles. The molecule has 0 saturated heterocycles. The van der Waals surface area contributed by atoms with Gasteiger partial charge >= 0.3 is 0 Å². The fourth-order valence-corrected chi connectivity index (χ4v) is 4.13. The molecule has 21 heavy (non-hydrogen) atoms. The van der Waals surface area contributed by atoms with E-state index < -0.39 is 16.1 Å². The number of sulfonamides is 1. The molecule has 0 heterocycles. The average molecular weight is 329 g/mol. The number of halogens is 1. The molecule has 1 aliphatic rings. The first-order valence-corrected chi connectivity index (χ1v) is 8.52. The summed E-state index contributed by atoms with van der Waals surface area (Å²) in [5.74, 6) is -0.0290. The van der Waals surface area contributed by atoms with Crippen molar-refractivity contribution >= 4 is 21.6 Å². The lowest BCUT2D eigenvalue weighted by molar-refractivity contribution is 0.123. The van der Waals surface area contributed by atoms with Crippen LogP contribution in [0.5, 0.6) is 0 Å². The Bertz CT molecular complexity index is 669. The van der Waals surface area contributed by atoms with E-state index >= 15 is 0 Å². The molecule has 5 nitrogen and oxygen atoms in total. The zero-order chi connectivity index (χ0) is 15.6. The van der Waals surface area contributed by atoms with Gasteiger partial charge in [-0.25, -0.2) is 12.7 Å². The molecule has 114 valence electrons. The molecule has 0 aliphatic heterocycles. The second kappa shape index (κ2) is 6.32. The summed E-state index contributed by atoms with van der Waals surface area (Å²) in [4.78, 5) is 0.0569. The fourth-order valence-electron chi connectivity index (χ4n) is 2.59. The number of benzene rings is 1. The van der Waals surface area contributed by atoms with Gasteiger partial charge in [-0.3, -0.25) is 0 Å². The zero-order valence-corrected chi connectivity index (χ0v) is 13.2. The monoisotopic (exact) mass is 328 g/mol. The molecular weight excluding hydrogens is 312 g/mol. The molecule has 0 spiro atoms. The summed E-state index contributed by atoms with van der Waals surface area (Å²) in [6.45, 7) is 0.279. The minimum Gasteiger partial charge on any atom is -0.393 e. The summed E-state index contributed by atoms with van der Waals surface area (Å²) >= 11 is 5.89. The minimum atomic E-state index is -3.67. The van der Waals surface area contributed by atoms with E-state index in [-0.39, 0.29) is 27.9 Å². The van der Waals surface area contributed by atoms with Gasteiger partial charge in [0.1, 0.15) is 6.07 Å². The molecule has 2 atom stereocenters. The van der Waals surface area contributed by atoms with E-state index in [4.69, 9.17) is 16.9 Å².